The summed E-state index contributed by atoms with van der Waals surface area (Å²) in [6.45, 7) is 2.77. The molecule has 7 nitrogen and oxygen atoms in total. The second kappa shape index (κ2) is 5.83. The number of nitro groups is 1. The van der Waals surface area contributed by atoms with Gasteiger partial charge >= 0.3 is 0 Å². The standard InChI is InChI=1S/C12H16FN3O4/c1-7-4-10(8(13)5-9(7)16(18)19)20-6-12(2,15-3)11(14)17/h4-5,15H,6H2,1-3H3,(H2,14,17). The highest BCUT2D eigenvalue weighted by molar-refractivity contribution is 5.84. The zero-order chi connectivity index (χ0) is 15.5. The molecule has 1 rings (SSSR count). The zero-order valence-corrected chi connectivity index (χ0v) is 11.4. The van der Waals surface area contributed by atoms with Crippen LogP contribution in [0.4, 0.5) is 10.1 Å². The summed E-state index contributed by atoms with van der Waals surface area (Å²) in [6.07, 6.45) is 0. The molecular formula is C12H16FN3O4. The predicted octanol–water partition coefficient (Wildman–Crippen LogP) is 0.885. The van der Waals surface area contributed by atoms with Gasteiger partial charge < -0.3 is 15.8 Å². The van der Waals surface area contributed by atoms with Crippen LogP contribution in [-0.2, 0) is 4.79 Å². The molecule has 0 bridgehead atoms. The van der Waals surface area contributed by atoms with Crippen LogP contribution in [0.5, 0.6) is 5.75 Å². The van der Waals surface area contributed by atoms with E-state index < -0.39 is 22.2 Å². The molecule has 0 saturated carbocycles. The Hall–Kier alpha value is -2.22. The van der Waals surface area contributed by atoms with E-state index in [0.29, 0.717) is 0 Å². The highest BCUT2D eigenvalue weighted by Crippen LogP contribution is 2.27. The number of hydrogen-bond donors (Lipinski definition) is 2. The Balaban J connectivity index is 2.97. The number of ether oxygens (including phenoxy) is 1. The average Bonchev–Trinajstić information content (AvgIpc) is 2.38. The number of carbonyl (C=O) groups excluding carboxylic acids is 1. The Morgan fingerprint density at radius 3 is 2.65 bits per heavy atom. The highest BCUT2D eigenvalue weighted by Gasteiger charge is 2.30. The number of hydrogen-bond acceptors (Lipinski definition) is 5. The van der Waals surface area contributed by atoms with Crippen molar-refractivity contribution < 1.29 is 18.8 Å². The van der Waals surface area contributed by atoms with E-state index in [1.54, 1.807) is 0 Å². The second-order valence-corrected chi connectivity index (χ2v) is 4.56. The lowest BCUT2D eigenvalue weighted by Gasteiger charge is -2.25. The van der Waals surface area contributed by atoms with E-state index in [-0.39, 0.29) is 23.6 Å². The quantitative estimate of drug-likeness (QED) is 0.596. The van der Waals surface area contributed by atoms with Crippen LogP contribution in [0.3, 0.4) is 0 Å². The number of amides is 1. The molecule has 1 unspecified atom stereocenters. The Morgan fingerprint density at radius 1 is 1.60 bits per heavy atom. The van der Waals surface area contributed by atoms with E-state index in [1.165, 1.54) is 27.0 Å². The fourth-order valence-electron chi connectivity index (χ4n) is 1.44. The van der Waals surface area contributed by atoms with Crippen molar-refractivity contribution in [1.29, 1.82) is 0 Å². The zero-order valence-electron chi connectivity index (χ0n) is 11.4. The summed E-state index contributed by atoms with van der Waals surface area (Å²) in [5.74, 6) is -1.69. The first kappa shape index (κ1) is 15.8. The first-order valence-corrected chi connectivity index (χ1v) is 5.77. The molecule has 0 aliphatic carbocycles. The molecule has 0 aromatic heterocycles. The van der Waals surface area contributed by atoms with Crippen LogP contribution in [0.15, 0.2) is 12.1 Å². The molecule has 0 spiro atoms. The van der Waals surface area contributed by atoms with Gasteiger partial charge in [0.1, 0.15) is 12.1 Å². The lowest BCUT2D eigenvalue weighted by atomic mass is 10.0. The molecule has 0 aliphatic heterocycles. The van der Waals surface area contributed by atoms with Gasteiger partial charge in [-0.25, -0.2) is 4.39 Å². The largest absolute Gasteiger partial charge is 0.488 e. The molecule has 110 valence electrons. The van der Waals surface area contributed by atoms with Crippen molar-refractivity contribution in [2.45, 2.75) is 19.4 Å². The number of halogens is 1. The summed E-state index contributed by atoms with van der Waals surface area (Å²) in [7, 11) is 1.52. The van der Waals surface area contributed by atoms with Crippen LogP contribution in [-0.4, -0.2) is 30.0 Å². The second-order valence-electron chi connectivity index (χ2n) is 4.56. The number of primary amides is 1. The molecule has 8 heteroatoms. The number of carbonyl (C=O) groups is 1. The van der Waals surface area contributed by atoms with E-state index in [4.69, 9.17) is 10.5 Å². The van der Waals surface area contributed by atoms with Crippen molar-refractivity contribution in [2.24, 2.45) is 5.73 Å². The Morgan fingerprint density at radius 2 is 2.20 bits per heavy atom. The number of aryl methyl sites for hydroxylation is 1. The minimum Gasteiger partial charge on any atom is -0.488 e. The molecule has 1 aromatic carbocycles. The lowest BCUT2D eigenvalue weighted by Crippen LogP contribution is -2.55. The van der Waals surface area contributed by atoms with Crippen LogP contribution < -0.4 is 15.8 Å². The fourth-order valence-corrected chi connectivity index (χ4v) is 1.44. The topological polar surface area (TPSA) is 107 Å². The van der Waals surface area contributed by atoms with Gasteiger partial charge in [0.25, 0.3) is 5.69 Å². The first-order valence-electron chi connectivity index (χ1n) is 5.77. The van der Waals surface area contributed by atoms with E-state index in [9.17, 15) is 19.3 Å². The minimum absolute atomic E-state index is 0.171. The van der Waals surface area contributed by atoms with E-state index in [1.807, 2.05) is 0 Å². The summed E-state index contributed by atoms with van der Waals surface area (Å²) < 4.78 is 18.9. The van der Waals surface area contributed by atoms with Crippen LogP contribution in [0.2, 0.25) is 0 Å². The van der Waals surface area contributed by atoms with Gasteiger partial charge in [0.15, 0.2) is 11.6 Å². The molecular weight excluding hydrogens is 269 g/mol. The number of nitro benzene ring substituents is 1. The number of benzene rings is 1. The minimum atomic E-state index is -1.16. The van der Waals surface area contributed by atoms with Gasteiger partial charge in [0, 0.05) is 5.56 Å². The van der Waals surface area contributed by atoms with Crippen molar-refractivity contribution in [3.05, 3.63) is 33.6 Å². The highest BCUT2D eigenvalue weighted by atomic mass is 19.1. The van der Waals surface area contributed by atoms with Crippen molar-refractivity contribution in [1.82, 2.24) is 5.32 Å². The number of nitrogens with one attached hydrogen (secondary N) is 1. The normalized spacial score (nSPS) is 13.6. The Labute approximate surface area is 115 Å². The van der Waals surface area contributed by atoms with Crippen LogP contribution >= 0.6 is 0 Å². The van der Waals surface area contributed by atoms with Gasteiger partial charge in [-0.15, -0.1) is 0 Å². The van der Waals surface area contributed by atoms with Gasteiger partial charge in [-0.3, -0.25) is 14.9 Å². The molecule has 0 heterocycles. The van der Waals surface area contributed by atoms with Gasteiger partial charge in [0.2, 0.25) is 5.91 Å². The third-order valence-electron chi connectivity index (χ3n) is 3.06. The summed E-state index contributed by atoms with van der Waals surface area (Å²) in [4.78, 5) is 21.3. The van der Waals surface area contributed by atoms with E-state index >= 15 is 0 Å². The van der Waals surface area contributed by atoms with Crippen molar-refractivity contribution in [3.63, 3.8) is 0 Å². The fraction of sp³-hybridized carbons (Fsp3) is 0.417. The third kappa shape index (κ3) is 3.21. The Kier molecular flexibility index (Phi) is 4.61. The van der Waals surface area contributed by atoms with Gasteiger partial charge in [-0.05, 0) is 27.0 Å². The van der Waals surface area contributed by atoms with Gasteiger partial charge in [-0.1, -0.05) is 0 Å². The molecule has 20 heavy (non-hydrogen) atoms. The number of nitrogens with two attached hydrogens (primary N) is 1. The third-order valence-corrected chi connectivity index (χ3v) is 3.06. The maximum absolute atomic E-state index is 13.7. The van der Waals surface area contributed by atoms with Crippen molar-refractivity contribution >= 4 is 11.6 Å². The maximum atomic E-state index is 13.7. The molecule has 0 saturated heterocycles. The Bertz CT molecular complexity index is 550. The number of rotatable bonds is 6. The summed E-state index contributed by atoms with van der Waals surface area (Å²) in [5, 5.41) is 13.3. The van der Waals surface area contributed by atoms with E-state index in [0.717, 1.165) is 6.07 Å². The average molecular weight is 285 g/mol. The van der Waals surface area contributed by atoms with Crippen LogP contribution in [0.1, 0.15) is 12.5 Å². The smallest absolute Gasteiger partial charge is 0.275 e. The molecule has 0 radical (unpaired) electrons. The molecule has 0 fully saturated rings. The first-order chi connectivity index (χ1) is 9.21. The molecule has 0 aliphatic rings. The number of likely N-dealkylation sites (N-methyl/N-ethyl adjacent to an activating group) is 1. The van der Waals surface area contributed by atoms with Crippen molar-refractivity contribution in [3.8, 4) is 5.75 Å². The molecule has 1 atom stereocenters. The van der Waals surface area contributed by atoms with Crippen LogP contribution in [0, 0.1) is 22.9 Å². The lowest BCUT2D eigenvalue weighted by molar-refractivity contribution is -0.385. The molecule has 1 amide bonds. The molecule has 3 N–H and O–H groups in total. The molecule has 1 aromatic rings. The van der Waals surface area contributed by atoms with Crippen LogP contribution in [0.25, 0.3) is 0 Å². The maximum Gasteiger partial charge on any atom is 0.275 e. The summed E-state index contributed by atoms with van der Waals surface area (Å²) >= 11 is 0. The van der Waals surface area contributed by atoms with E-state index in [2.05, 4.69) is 5.32 Å². The number of nitrogens with zero attached hydrogens (tertiary/aromatic N) is 1. The monoisotopic (exact) mass is 285 g/mol. The predicted molar refractivity (Wildman–Crippen MR) is 69.9 cm³/mol. The SMILES string of the molecule is CNC(C)(COc1cc(C)c([N+](=O)[O-])cc1F)C(N)=O. The van der Waals surface area contributed by atoms with Crippen molar-refractivity contribution in [2.75, 3.05) is 13.7 Å². The van der Waals surface area contributed by atoms with Gasteiger partial charge in [-0.2, -0.15) is 0 Å². The van der Waals surface area contributed by atoms with Gasteiger partial charge in [0.05, 0.1) is 11.0 Å². The summed E-state index contributed by atoms with van der Waals surface area (Å²) in [6, 6.07) is 2.00. The summed E-state index contributed by atoms with van der Waals surface area (Å²) in [5.41, 5.74) is 3.98.